The minimum atomic E-state index is -0.491. The molecule has 0 aliphatic heterocycles. The SMILES string of the molecule is COc1ccc(-c2nnc(NC(=O)c3ccc(NC(=O)C(C)(C)C)cc3)s2)cc1. The molecule has 2 N–H and O–H groups in total. The number of amides is 2. The normalized spacial score (nSPS) is 11.0. The number of benzene rings is 2. The van der Waals surface area contributed by atoms with E-state index in [9.17, 15) is 9.59 Å². The van der Waals surface area contributed by atoms with E-state index < -0.39 is 5.41 Å². The summed E-state index contributed by atoms with van der Waals surface area (Å²) >= 11 is 1.28. The van der Waals surface area contributed by atoms with Crippen LogP contribution in [0.25, 0.3) is 10.6 Å². The summed E-state index contributed by atoms with van der Waals surface area (Å²) in [5, 5.41) is 14.8. The zero-order valence-corrected chi connectivity index (χ0v) is 17.5. The van der Waals surface area contributed by atoms with Crippen molar-refractivity contribution in [2.45, 2.75) is 20.8 Å². The maximum Gasteiger partial charge on any atom is 0.257 e. The minimum absolute atomic E-state index is 0.0883. The molecule has 29 heavy (non-hydrogen) atoms. The Bertz CT molecular complexity index is 1010. The maximum absolute atomic E-state index is 12.5. The second kappa shape index (κ2) is 8.40. The number of hydrogen-bond acceptors (Lipinski definition) is 6. The molecule has 3 aromatic rings. The van der Waals surface area contributed by atoms with Crippen LogP contribution >= 0.6 is 11.3 Å². The lowest BCUT2D eigenvalue weighted by Gasteiger charge is -2.17. The van der Waals surface area contributed by atoms with Gasteiger partial charge in [0.25, 0.3) is 5.91 Å². The lowest BCUT2D eigenvalue weighted by molar-refractivity contribution is -0.123. The lowest BCUT2D eigenvalue weighted by Crippen LogP contribution is -2.27. The molecule has 150 valence electrons. The van der Waals surface area contributed by atoms with Crippen LogP contribution in [-0.2, 0) is 4.79 Å². The fourth-order valence-electron chi connectivity index (χ4n) is 2.32. The average molecular weight is 410 g/mol. The number of carbonyl (C=O) groups excluding carboxylic acids is 2. The van der Waals surface area contributed by atoms with Gasteiger partial charge in [-0.3, -0.25) is 14.9 Å². The van der Waals surface area contributed by atoms with Crippen LogP contribution in [0, 0.1) is 5.41 Å². The lowest BCUT2D eigenvalue weighted by atomic mass is 9.95. The first-order valence-electron chi connectivity index (χ1n) is 8.97. The van der Waals surface area contributed by atoms with Gasteiger partial charge in [-0.1, -0.05) is 32.1 Å². The van der Waals surface area contributed by atoms with Gasteiger partial charge in [0.1, 0.15) is 10.8 Å². The molecule has 2 amide bonds. The van der Waals surface area contributed by atoms with Gasteiger partial charge in [-0.05, 0) is 48.5 Å². The summed E-state index contributed by atoms with van der Waals surface area (Å²) in [6.45, 7) is 5.52. The molecular weight excluding hydrogens is 388 g/mol. The third-order valence-corrected chi connectivity index (χ3v) is 4.96. The van der Waals surface area contributed by atoms with E-state index in [4.69, 9.17) is 4.74 Å². The van der Waals surface area contributed by atoms with Crippen LogP contribution in [0.1, 0.15) is 31.1 Å². The summed E-state index contributed by atoms with van der Waals surface area (Å²) in [6, 6.07) is 14.1. The van der Waals surface area contributed by atoms with E-state index in [1.807, 2.05) is 45.0 Å². The first kappa shape index (κ1) is 20.5. The molecule has 0 fully saturated rings. The van der Waals surface area contributed by atoms with Crippen LogP contribution in [0.5, 0.6) is 5.75 Å². The molecule has 0 aliphatic rings. The van der Waals surface area contributed by atoms with E-state index in [2.05, 4.69) is 20.8 Å². The Balaban J connectivity index is 1.64. The first-order chi connectivity index (χ1) is 13.8. The smallest absolute Gasteiger partial charge is 0.257 e. The number of carbonyl (C=O) groups is 2. The van der Waals surface area contributed by atoms with E-state index in [1.165, 1.54) is 11.3 Å². The van der Waals surface area contributed by atoms with Crippen LogP contribution in [-0.4, -0.2) is 29.1 Å². The Morgan fingerprint density at radius 2 is 1.59 bits per heavy atom. The van der Waals surface area contributed by atoms with Gasteiger partial charge in [0.15, 0.2) is 0 Å². The van der Waals surface area contributed by atoms with Crippen LogP contribution in [0.15, 0.2) is 48.5 Å². The molecule has 0 aliphatic carbocycles. The Labute approximate surface area is 173 Å². The highest BCUT2D eigenvalue weighted by Crippen LogP contribution is 2.28. The number of rotatable bonds is 5. The number of aromatic nitrogens is 2. The second-order valence-corrected chi connectivity index (χ2v) is 8.35. The van der Waals surface area contributed by atoms with Gasteiger partial charge in [-0.2, -0.15) is 0 Å². The molecule has 0 radical (unpaired) electrons. The van der Waals surface area contributed by atoms with Gasteiger partial charge in [0.05, 0.1) is 7.11 Å². The topological polar surface area (TPSA) is 93.2 Å². The van der Waals surface area contributed by atoms with Gasteiger partial charge < -0.3 is 10.1 Å². The van der Waals surface area contributed by atoms with E-state index in [0.717, 1.165) is 11.3 Å². The molecule has 0 bridgehead atoms. The predicted molar refractivity (Wildman–Crippen MR) is 114 cm³/mol. The number of methoxy groups -OCH3 is 1. The third-order valence-electron chi connectivity index (χ3n) is 4.07. The molecule has 0 unspecified atom stereocenters. The van der Waals surface area contributed by atoms with Gasteiger partial charge in [0, 0.05) is 22.2 Å². The molecule has 0 saturated heterocycles. The van der Waals surface area contributed by atoms with Crippen molar-refractivity contribution in [3.05, 3.63) is 54.1 Å². The van der Waals surface area contributed by atoms with Crippen molar-refractivity contribution >= 4 is 34.0 Å². The Morgan fingerprint density at radius 3 is 2.17 bits per heavy atom. The standard InChI is InChI=1S/C21H22N4O3S/c1-21(2,3)19(27)22-15-9-5-13(6-10-15)17(26)23-20-25-24-18(29-20)14-7-11-16(28-4)12-8-14/h5-12H,1-4H3,(H,22,27)(H,23,25,26). The van der Waals surface area contributed by atoms with Crippen molar-refractivity contribution in [1.29, 1.82) is 0 Å². The van der Waals surface area contributed by atoms with Gasteiger partial charge in [-0.15, -0.1) is 10.2 Å². The van der Waals surface area contributed by atoms with Crippen molar-refractivity contribution in [2.75, 3.05) is 17.7 Å². The molecule has 3 rings (SSSR count). The average Bonchev–Trinajstić information content (AvgIpc) is 3.16. The summed E-state index contributed by atoms with van der Waals surface area (Å²) in [7, 11) is 1.61. The monoisotopic (exact) mass is 410 g/mol. The van der Waals surface area contributed by atoms with E-state index in [0.29, 0.717) is 21.4 Å². The van der Waals surface area contributed by atoms with Crippen LogP contribution in [0.4, 0.5) is 10.8 Å². The molecule has 2 aromatic carbocycles. The summed E-state index contributed by atoms with van der Waals surface area (Å²) in [5.41, 5.74) is 1.50. The first-order valence-corrected chi connectivity index (χ1v) is 9.79. The molecule has 8 heteroatoms. The highest BCUT2D eigenvalue weighted by Gasteiger charge is 2.21. The largest absolute Gasteiger partial charge is 0.497 e. The van der Waals surface area contributed by atoms with Crippen LogP contribution in [0.2, 0.25) is 0 Å². The van der Waals surface area contributed by atoms with Crippen molar-refractivity contribution in [3.8, 4) is 16.3 Å². The quantitative estimate of drug-likeness (QED) is 0.648. The van der Waals surface area contributed by atoms with Crippen LogP contribution < -0.4 is 15.4 Å². The number of anilines is 2. The van der Waals surface area contributed by atoms with Gasteiger partial charge >= 0.3 is 0 Å². The fourth-order valence-corrected chi connectivity index (χ4v) is 3.06. The molecule has 0 saturated carbocycles. The van der Waals surface area contributed by atoms with E-state index in [-0.39, 0.29) is 11.8 Å². The number of nitrogens with zero attached hydrogens (tertiary/aromatic N) is 2. The van der Waals surface area contributed by atoms with Crippen molar-refractivity contribution in [2.24, 2.45) is 5.41 Å². The number of hydrogen-bond donors (Lipinski definition) is 2. The zero-order chi connectivity index (χ0) is 21.0. The fraction of sp³-hybridized carbons (Fsp3) is 0.238. The number of nitrogens with one attached hydrogen (secondary N) is 2. The van der Waals surface area contributed by atoms with E-state index in [1.54, 1.807) is 31.4 Å². The van der Waals surface area contributed by atoms with Crippen LogP contribution in [0.3, 0.4) is 0 Å². The molecular formula is C21H22N4O3S. The zero-order valence-electron chi connectivity index (χ0n) is 16.6. The minimum Gasteiger partial charge on any atom is -0.497 e. The molecule has 1 heterocycles. The number of ether oxygens (including phenoxy) is 1. The van der Waals surface area contributed by atoms with Gasteiger partial charge in [0.2, 0.25) is 11.0 Å². The maximum atomic E-state index is 12.5. The van der Waals surface area contributed by atoms with Crippen molar-refractivity contribution < 1.29 is 14.3 Å². The molecule has 7 nitrogen and oxygen atoms in total. The van der Waals surface area contributed by atoms with Crippen molar-refractivity contribution in [1.82, 2.24) is 10.2 Å². The van der Waals surface area contributed by atoms with Gasteiger partial charge in [-0.25, -0.2) is 0 Å². The second-order valence-electron chi connectivity index (χ2n) is 7.38. The Kier molecular flexibility index (Phi) is 5.93. The highest BCUT2D eigenvalue weighted by molar-refractivity contribution is 7.18. The predicted octanol–water partition coefficient (Wildman–Crippen LogP) is 4.45. The van der Waals surface area contributed by atoms with Crippen molar-refractivity contribution in [3.63, 3.8) is 0 Å². The summed E-state index contributed by atoms with van der Waals surface area (Å²) in [5.74, 6) is 0.375. The van der Waals surface area contributed by atoms with E-state index >= 15 is 0 Å². The summed E-state index contributed by atoms with van der Waals surface area (Å²) in [6.07, 6.45) is 0. The molecule has 1 aromatic heterocycles. The summed E-state index contributed by atoms with van der Waals surface area (Å²) in [4.78, 5) is 24.5. The summed E-state index contributed by atoms with van der Waals surface area (Å²) < 4.78 is 5.15. The Morgan fingerprint density at radius 1 is 0.931 bits per heavy atom. The molecule has 0 atom stereocenters. The molecule has 0 spiro atoms. The highest BCUT2D eigenvalue weighted by atomic mass is 32.1. The Hall–Kier alpha value is -3.26. The third kappa shape index (κ3) is 5.17.